The fourth-order valence-corrected chi connectivity index (χ4v) is 3.48. The molecule has 0 saturated heterocycles. The van der Waals surface area contributed by atoms with Gasteiger partial charge in [-0.25, -0.2) is 4.39 Å². The van der Waals surface area contributed by atoms with Gasteiger partial charge in [-0.3, -0.25) is 15.0 Å². The molecule has 1 N–H and O–H groups in total. The Labute approximate surface area is 170 Å². The molecule has 30 heavy (non-hydrogen) atoms. The zero-order valence-corrected chi connectivity index (χ0v) is 15.9. The largest absolute Gasteiger partial charge is 0.417 e. The van der Waals surface area contributed by atoms with Crippen molar-refractivity contribution in [2.75, 3.05) is 19.6 Å². The van der Waals surface area contributed by atoms with Crippen molar-refractivity contribution in [3.05, 3.63) is 81.2 Å². The predicted octanol–water partition coefficient (Wildman–Crippen LogP) is 4.97. The number of rotatable bonds is 6. The topological polar surface area (TPSA) is 66.6 Å². The second-order valence-electron chi connectivity index (χ2n) is 7.12. The molecule has 5 nitrogen and oxygen atoms in total. The third-order valence-corrected chi connectivity index (χ3v) is 5.13. The standard InChI is InChI=1S/C21H20F4N2O3/c22-16-3-1-15(2-4-16)20(28)9-12-26-10-7-14(8-11-26)18-6-5-17(27(29)30)13-19(18)21(23,24)25/h1-7,13,20,28H,8-12H2. The van der Waals surface area contributed by atoms with E-state index in [0.29, 0.717) is 49.7 Å². The van der Waals surface area contributed by atoms with Crippen LogP contribution in [0, 0.1) is 15.9 Å². The summed E-state index contributed by atoms with van der Waals surface area (Å²) in [5, 5.41) is 21.1. The fraction of sp³-hybridized carbons (Fsp3) is 0.333. The summed E-state index contributed by atoms with van der Waals surface area (Å²) in [7, 11) is 0. The number of nitro groups is 1. The summed E-state index contributed by atoms with van der Waals surface area (Å²) in [6, 6.07) is 8.38. The van der Waals surface area contributed by atoms with Crippen molar-refractivity contribution in [2.45, 2.75) is 25.1 Å². The van der Waals surface area contributed by atoms with Crippen molar-refractivity contribution in [1.29, 1.82) is 0 Å². The summed E-state index contributed by atoms with van der Waals surface area (Å²) in [6.45, 7) is 1.42. The van der Waals surface area contributed by atoms with Gasteiger partial charge in [-0.1, -0.05) is 18.2 Å². The van der Waals surface area contributed by atoms with E-state index in [1.165, 1.54) is 24.3 Å². The second-order valence-corrected chi connectivity index (χ2v) is 7.12. The molecule has 0 radical (unpaired) electrons. The smallest absolute Gasteiger partial charge is 0.388 e. The molecule has 0 aliphatic carbocycles. The molecule has 9 heteroatoms. The molecule has 3 rings (SSSR count). The van der Waals surface area contributed by atoms with Gasteiger partial charge in [-0.15, -0.1) is 0 Å². The lowest BCUT2D eigenvalue weighted by Gasteiger charge is -2.28. The number of nitrogens with zero attached hydrogens (tertiary/aromatic N) is 2. The lowest BCUT2D eigenvalue weighted by molar-refractivity contribution is -0.385. The minimum absolute atomic E-state index is 0.0425. The minimum Gasteiger partial charge on any atom is -0.388 e. The highest BCUT2D eigenvalue weighted by Gasteiger charge is 2.36. The van der Waals surface area contributed by atoms with Gasteiger partial charge < -0.3 is 5.11 Å². The molecular weight excluding hydrogens is 404 g/mol. The summed E-state index contributed by atoms with van der Waals surface area (Å²) in [5.74, 6) is -0.385. The molecule has 1 unspecified atom stereocenters. The monoisotopic (exact) mass is 424 g/mol. The van der Waals surface area contributed by atoms with Crippen molar-refractivity contribution in [1.82, 2.24) is 4.90 Å². The van der Waals surface area contributed by atoms with E-state index < -0.39 is 28.5 Å². The molecule has 0 bridgehead atoms. The Kier molecular flexibility index (Phi) is 6.52. The SMILES string of the molecule is O=[N+]([O-])c1ccc(C2=CCN(CCC(O)c3ccc(F)cc3)CC2)c(C(F)(F)F)c1. The maximum atomic E-state index is 13.4. The summed E-state index contributed by atoms with van der Waals surface area (Å²) < 4.78 is 53.2. The van der Waals surface area contributed by atoms with Crippen molar-refractivity contribution < 1.29 is 27.6 Å². The van der Waals surface area contributed by atoms with Crippen LogP contribution in [0.1, 0.15) is 35.6 Å². The minimum atomic E-state index is -4.70. The Bertz CT molecular complexity index is 942. The average Bonchev–Trinajstić information content (AvgIpc) is 2.72. The number of hydrogen-bond donors (Lipinski definition) is 1. The van der Waals surface area contributed by atoms with E-state index in [9.17, 15) is 32.8 Å². The molecule has 0 fully saturated rings. The molecule has 1 aliphatic rings. The van der Waals surface area contributed by atoms with E-state index in [1.54, 1.807) is 6.08 Å². The summed E-state index contributed by atoms with van der Waals surface area (Å²) in [4.78, 5) is 12.0. The molecule has 160 valence electrons. The lowest BCUT2D eigenvalue weighted by atomic mass is 9.94. The zero-order chi connectivity index (χ0) is 21.9. The second kappa shape index (κ2) is 8.93. The summed E-state index contributed by atoms with van der Waals surface area (Å²) in [6.07, 6.45) is -3.02. The van der Waals surface area contributed by atoms with Gasteiger partial charge in [0.05, 0.1) is 16.6 Å². The van der Waals surface area contributed by atoms with Crippen molar-refractivity contribution in [3.63, 3.8) is 0 Å². The Hall–Kier alpha value is -2.78. The normalized spacial score (nSPS) is 16.2. The number of halogens is 4. The van der Waals surface area contributed by atoms with Gasteiger partial charge in [-0.2, -0.15) is 13.2 Å². The van der Waals surface area contributed by atoms with Crippen LogP contribution in [0.4, 0.5) is 23.2 Å². The first-order valence-electron chi connectivity index (χ1n) is 9.36. The number of hydrogen-bond acceptors (Lipinski definition) is 4. The Morgan fingerprint density at radius 2 is 1.87 bits per heavy atom. The van der Waals surface area contributed by atoms with Gasteiger partial charge in [0.2, 0.25) is 0 Å². The summed E-state index contributed by atoms with van der Waals surface area (Å²) in [5.41, 5.74) is -0.556. The molecule has 2 aromatic carbocycles. The van der Waals surface area contributed by atoms with E-state index in [1.807, 2.05) is 4.90 Å². The van der Waals surface area contributed by atoms with Gasteiger partial charge >= 0.3 is 6.18 Å². The van der Waals surface area contributed by atoms with Crippen LogP contribution >= 0.6 is 0 Å². The number of aliphatic hydroxyl groups excluding tert-OH is 1. The first-order chi connectivity index (χ1) is 14.1. The average molecular weight is 424 g/mol. The lowest BCUT2D eigenvalue weighted by Crippen LogP contribution is -2.30. The Balaban J connectivity index is 1.67. The van der Waals surface area contributed by atoms with Crippen LogP contribution in [-0.4, -0.2) is 34.6 Å². The van der Waals surface area contributed by atoms with Crippen LogP contribution in [0.3, 0.4) is 0 Å². The number of nitro benzene ring substituents is 1. The first-order valence-corrected chi connectivity index (χ1v) is 9.36. The quantitative estimate of drug-likeness (QED) is 0.404. The van der Waals surface area contributed by atoms with E-state index in [4.69, 9.17) is 0 Å². The molecule has 2 aromatic rings. The highest BCUT2D eigenvalue weighted by molar-refractivity contribution is 5.71. The molecule has 1 aliphatic heterocycles. The van der Waals surface area contributed by atoms with Crippen molar-refractivity contribution in [2.24, 2.45) is 0 Å². The Morgan fingerprint density at radius 1 is 1.17 bits per heavy atom. The molecular formula is C21H20F4N2O3. The molecule has 0 aromatic heterocycles. The van der Waals surface area contributed by atoms with Gasteiger partial charge in [0.15, 0.2) is 0 Å². The van der Waals surface area contributed by atoms with E-state index in [2.05, 4.69) is 0 Å². The zero-order valence-electron chi connectivity index (χ0n) is 15.9. The highest BCUT2D eigenvalue weighted by atomic mass is 19.4. The van der Waals surface area contributed by atoms with E-state index in [-0.39, 0.29) is 11.4 Å². The van der Waals surface area contributed by atoms with Crippen molar-refractivity contribution in [3.8, 4) is 0 Å². The van der Waals surface area contributed by atoms with Crippen LogP contribution in [0.25, 0.3) is 5.57 Å². The third-order valence-electron chi connectivity index (χ3n) is 5.13. The van der Waals surface area contributed by atoms with E-state index >= 15 is 0 Å². The van der Waals surface area contributed by atoms with Crippen LogP contribution in [0.5, 0.6) is 0 Å². The highest BCUT2D eigenvalue weighted by Crippen LogP contribution is 2.38. The van der Waals surface area contributed by atoms with E-state index in [0.717, 1.165) is 12.1 Å². The Morgan fingerprint density at radius 3 is 2.43 bits per heavy atom. The summed E-state index contributed by atoms with van der Waals surface area (Å²) >= 11 is 0. The van der Waals surface area contributed by atoms with Crippen molar-refractivity contribution >= 4 is 11.3 Å². The third kappa shape index (κ3) is 5.22. The first kappa shape index (κ1) is 21.9. The maximum absolute atomic E-state index is 13.4. The van der Waals surface area contributed by atoms with Crippen LogP contribution in [-0.2, 0) is 6.18 Å². The van der Waals surface area contributed by atoms with Gasteiger partial charge in [0.1, 0.15) is 5.82 Å². The maximum Gasteiger partial charge on any atom is 0.417 e. The number of non-ortho nitro benzene ring substituents is 1. The molecule has 1 atom stereocenters. The van der Waals surface area contributed by atoms with Crippen LogP contribution in [0.15, 0.2) is 48.5 Å². The van der Waals surface area contributed by atoms with Crippen LogP contribution in [0.2, 0.25) is 0 Å². The van der Waals surface area contributed by atoms with Gasteiger partial charge in [-0.05, 0) is 47.7 Å². The molecule has 1 heterocycles. The number of aliphatic hydroxyl groups is 1. The molecule has 0 saturated carbocycles. The number of benzene rings is 2. The predicted molar refractivity (Wildman–Crippen MR) is 103 cm³/mol. The van der Waals surface area contributed by atoms with Gasteiger partial charge in [0, 0.05) is 31.8 Å². The van der Waals surface area contributed by atoms with Gasteiger partial charge in [0.25, 0.3) is 5.69 Å². The molecule has 0 spiro atoms. The van der Waals surface area contributed by atoms with Crippen LogP contribution < -0.4 is 0 Å². The fourth-order valence-electron chi connectivity index (χ4n) is 3.48. The number of alkyl halides is 3. The molecule has 0 amide bonds.